The van der Waals surface area contributed by atoms with E-state index in [2.05, 4.69) is 45.2 Å². The molecule has 0 radical (unpaired) electrons. The summed E-state index contributed by atoms with van der Waals surface area (Å²) in [7, 11) is 0. The van der Waals surface area contributed by atoms with Crippen LogP contribution in [0, 0.1) is 0 Å². The Labute approximate surface area is 130 Å². The predicted octanol–water partition coefficient (Wildman–Crippen LogP) is 4.69. The molecule has 0 spiro atoms. The molecular formula is C16H15BrN2S. The van der Waals surface area contributed by atoms with Gasteiger partial charge in [-0.1, -0.05) is 46.3 Å². The largest absolute Gasteiger partial charge is 0.324 e. The fraction of sp³-hybridized carbons (Fsp3) is 0.188. The molecule has 0 amide bonds. The van der Waals surface area contributed by atoms with Gasteiger partial charge in [-0.2, -0.15) is 0 Å². The lowest BCUT2D eigenvalue weighted by Crippen LogP contribution is -2.10. The van der Waals surface area contributed by atoms with E-state index in [4.69, 9.17) is 5.73 Å². The van der Waals surface area contributed by atoms with Gasteiger partial charge in [0.05, 0.1) is 15.2 Å². The number of thiazole rings is 1. The zero-order chi connectivity index (χ0) is 13.9. The van der Waals surface area contributed by atoms with Crippen LogP contribution in [0.2, 0.25) is 0 Å². The van der Waals surface area contributed by atoms with E-state index in [9.17, 15) is 0 Å². The fourth-order valence-corrected chi connectivity index (χ4v) is 3.73. The van der Waals surface area contributed by atoms with Gasteiger partial charge in [-0.15, -0.1) is 11.3 Å². The third-order valence-electron chi connectivity index (χ3n) is 3.29. The topological polar surface area (TPSA) is 38.9 Å². The van der Waals surface area contributed by atoms with Crippen molar-refractivity contribution in [2.75, 3.05) is 0 Å². The third-order valence-corrected chi connectivity index (χ3v) is 4.86. The summed E-state index contributed by atoms with van der Waals surface area (Å²) >= 11 is 5.25. The number of nitrogens with two attached hydrogens (primary N) is 1. The van der Waals surface area contributed by atoms with Gasteiger partial charge in [0.1, 0.15) is 0 Å². The number of halogens is 1. The van der Waals surface area contributed by atoms with Crippen molar-refractivity contribution in [3.05, 3.63) is 63.6 Å². The minimum absolute atomic E-state index is 0.0787. The summed E-state index contributed by atoms with van der Waals surface area (Å²) < 4.78 is 2.32. The summed E-state index contributed by atoms with van der Waals surface area (Å²) in [6, 6.07) is 16.5. The average molecular weight is 347 g/mol. The fourth-order valence-electron chi connectivity index (χ4n) is 2.20. The van der Waals surface area contributed by atoms with Crippen LogP contribution in [0.4, 0.5) is 0 Å². The highest BCUT2D eigenvalue weighted by molar-refractivity contribution is 9.10. The van der Waals surface area contributed by atoms with E-state index in [0.29, 0.717) is 0 Å². The molecule has 0 aliphatic heterocycles. The lowest BCUT2D eigenvalue weighted by Gasteiger charge is -2.10. The molecule has 2 aromatic carbocycles. The van der Waals surface area contributed by atoms with Crippen LogP contribution in [-0.4, -0.2) is 4.98 Å². The minimum atomic E-state index is 0.0787. The quantitative estimate of drug-likeness (QED) is 0.744. The molecule has 1 atom stereocenters. The lowest BCUT2D eigenvalue weighted by molar-refractivity contribution is 0.650. The zero-order valence-corrected chi connectivity index (χ0v) is 13.3. The molecule has 1 heterocycles. The van der Waals surface area contributed by atoms with Crippen molar-refractivity contribution in [2.24, 2.45) is 5.73 Å². The smallest absolute Gasteiger partial charge is 0.0939 e. The Bertz CT molecular complexity index is 709. The number of aryl methyl sites for hydroxylation is 1. The lowest BCUT2D eigenvalue weighted by atomic mass is 10.0. The molecule has 0 aliphatic rings. The monoisotopic (exact) mass is 346 g/mol. The van der Waals surface area contributed by atoms with Gasteiger partial charge in [0, 0.05) is 16.9 Å². The number of fused-ring (bicyclic) bond motifs is 1. The van der Waals surface area contributed by atoms with Crippen molar-refractivity contribution >= 4 is 37.5 Å². The SMILES string of the molecule is NC(CCc1nc2ccc(Br)cc2s1)c1ccccc1. The first-order valence-corrected chi connectivity index (χ1v) is 8.19. The van der Waals surface area contributed by atoms with Crippen LogP contribution >= 0.6 is 27.3 Å². The first-order chi connectivity index (χ1) is 9.72. The van der Waals surface area contributed by atoms with Crippen molar-refractivity contribution in [2.45, 2.75) is 18.9 Å². The van der Waals surface area contributed by atoms with Crippen molar-refractivity contribution in [3.63, 3.8) is 0 Å². The third kappa shape index (κ3) is 3.08. The molecule has 20 heavy (non-hydrogen) atoms. The van der Waals surface area contributed by atoms with Crippen molar-refractivity contribution in [1.82, 2.24) is 4.98 Å². The van der Waals surface area contributed by atoms with Gasteiger partial charge >= 0.3 is 0 Å². The maximum Gasteiger partial charge on any atom is 0.0939 e. The van der Waals surface area contributed by atoms with Crippen LogP contribution < -0.4 is 5.73 Å². The molecule has 0 saturated carbocycles. The number of nitrogens with zero attached hydrogens (tertiary/aromatic N) is 1. The van der Waals surface area contributed by atoms with E-state index in [1.807, 2.05) is 24.3 Å². The molecule has 3 rings (SSSR count). The van der Waals surface area contributed by atoms with Gasteiger partial charge in [0.15, 0.2) is 0 Å². The van der Waals surface area contributed by atoms with Gasteiger partial charge in [-0.05, 0) is 30.2 Å². The second kappa shape index (κ2) is 6.04. The molecule has 0 bridgehead atoms. The summed E-state index contributed by atoms with van der Waals surface area (Å²) in [4.78, 5) is 4.66. The Morgan fingerprint density at radius 3 is 2.75 bits per heavy atom. The molecular weight excluding hydrogens is 332 g/mol. The van der Waals surface area contributed by atoms with E-state index < -0.39 is 0 Å². The standard InChI is InChI=1S/C16H15BrN2S/c17-12-6-8-14-15(10-12)20-16(19-14)9-7-13(18)11-4-2-1-3-5-11/h1-6,8,10,13H,7,9,18H2. The second-order valence-corrected chi connectivity index (χ2v) is 6.81. The molecule has 4 heteroatoms. The number of hydrogen-bond donors (Lipinski definition) is 1. The first kappa shape index (κ1) is 13.7. The van der Waals surface area contributed by atoms with Gasteiger partial charge in [0.25, 0.3) is 0 Å². The van der Waals surface area contributed by atoms with Gasteiger partial charge in [0.2, 0.25) is 0 Å². The number of hydrogen-bond acceptors (Lipinski definition) is 3. The summed E-state index contributed by atoms with van der Waals surface area (Å²) in [5.74, 6) is 0. The van der Waals surface area contributed by atoms with Gasteiger partial charge < -0.3 is 5.73 Å². The van der Waals surface area contributed by atoms with Crippen molar-refractivity contribution < 1.29 is 0 Å². The molecule has 1 aromatic heterocycles. The van der Waals surface area contributed by atoms with E-state index in [1.54, 1.807) is 11.3 Å². The predicted molar refractivity (Wildman–Crippen MR) is 89.0 cm³/mol. The highest BCUT2D eigenvalue weighted by Gasteiger charge is 2.09. The highest BCUT2D eigenvalue weighted by atomic mass is 79.9. The first-order valence-electron chi connectivity index (χ1n) is 6.58. The summed E-state index contributed by atoms with van der Waals surface area (Å²) in [5.41, 5.74) is 8.49. The van der Waals surface area contributed by atoms with Gasteiger partial charge in [-0.25, -0.2) is 4.98 Å². The molecule has 1 unspecified atom stereocenters. The van der Waals surface area contributed by atoms with E-state index >= 15 is 0 Å². The Balaban J connectivity index is 1.71. The normalized spacial score (nSPS) is 12.7. The van der Waals surface area contributed by atoms with E-state index in [-0.39, 0.29) is 6.04 Å². The molecule has 0 fully saturated rings. The van der Waals surface area contributed by atoms with Crippen LogP contribution in [0.1, 0.15) is 23.0 Å². The van der Waals surface area contributed by atoms with Crippen LogP contribution in [0.3, 0.4) is 0 Å². The molecule has 2 N–H and O–H groups in total. The number of benzene rings is 2. The van der Waals surface area contributed by atoms with E-state index in [1.165, 1.54) is 10.3 Å². The van der Waals surface area contributed by atoms with Crippen molar-refractivity contribution in [3.8, 4) is 0 Å². The second-order valence-electron chi connectivity index (χ2n) is 4.78. The molecule has 0 aliphatic carbocycles. The Kier molecular flexibility index (Phi) is 4.15. The Hall–Kier alpha value is -1.23. The van der Waals surface area contributed by atoms with E-state index in [0.717, 1.165) is 27.8 Å². The van der Waals surface area contributed by atoms with Crippen LogP contribution in [0.15, 0.2) is 53.0 Å². The summed E-state index contributed by atoms with van der Waals surface area (Å²) in [6.07, 6.45) is 1.85. The van der Waals surface area contributed by atoms with Crippen molar-refractivity contribution in [1.29, 1.82) is 0 Å². The Morgan fingerprint density at radius 2 is 1.95 bits per heavy atom. The van der Waals surface area contributed by atoms with Crippen LogP contribution in [0.25, 0.3) is 10.2 Å². The Morgan fingerprint density at radius 1 is 1.15 bits per heavy atom. The average Bonchev–Trinajstić information content (AvgIpc) is 2.87. The zero-order valence-electron chi connectivity index (χ0n) is 10.9. The summed E-state index contributed by atoms with van der Waals surface area (Å²) in [6.45, 7) is 0. The van der Waals surface area contributed by atoms with Gasteiger partial charge in [-0.3, -0.25) is 0 Å². The minimum Gasteiger partial charge on any atom is -0.324 e. The maximum absolute atomic E-state index is 6.23. The number of aromatic nitrogens is 1. The molecule has 102 valence electrons. The summed E-state index contributed by atoms with van der Waals surface area (Å²) in [5, 5.41) is 1.16. The van der Waals surface area contributed by atoms with Crippen LogP contribution in [0.5, 0.6) is 0 Å². The molecule has 2 nitrogen and oxygen atoms in total. The molecule has 0 saturated heterocycles. The van der Waals surface area contributed by atoms with Crippen LogP contribution in [-0.2, 0) is 6.42 Å². The molecule has 3 aromatic rings. The number of rotatable bonds is 4. The highest BCUT2D eigenvalue weighted by Crippen LogP contribution is 2.27. The maximum atomic E-state index is 6.23.